The number of carbonyl (C=O) groups is 1. The van der Waals surface area contributed by atoms with Gasteiger partial charge in [0.25, 0.3) is 5.91 Å². The van der Waals surface area contributed by atoms with Crippen LogP contribution in [0.2, 0.25) is 0 Å². The van der Waals surface area contributed by atoms with Crippen LogP contribution in [0.4, 0.5) is 0 Å². The van der Waals surface area contributed by atoms with Crippen LogP contribution in [0.5, 0.6) is 0 Å². The highest BCUT2D eigenvalue weighted by Gasteiger charge is 2.14. The molecule has 4 rings (SSSR count). The van der Waals surface area contributed by atoms with Gasteiger partial charge in [-0.3, -0.25) is 14.5 Å². The van der Waals surface area contributed by atoms with Crippen molar-refractivity contribution in [3.63, 3.8) is 0 Å². The average molecular weight is 384 g/mol. The number of amides is 1. The molecule has 0 saturated heterocycles. The zero-order valence-electron chi connectivity index (χ0n) is 16.4. The van der Waals surface area contributed by atoms with Crippen molar-refractivity contribution < 1.29 is 4.79 Å². The first-order valence-corrected chi connectivity index (χ1v) is 9.19. The van der Waals surface area contributed by atoms with Crippen LogP contribution in [0.15, 0.2) is 59.8 Å². The molecule has 3 heterocycles. The fourth-order valence-corrected chi connectivity index (χ4v) is 3.20. The predicted octanol–water partition coefficient (Wildman–Crippen LogP) is 3.41. The van der Waals surface area contributed by atoms with Crippen molar-refractivity contribution in [1.82, 2.24) is 25.2 Å². The number of hydrazone groups is 1. The molecule has 0 saturated carbocycles. The average Bonchev–Trinajstić information content (AvgIpc) is 2.99. The van der Waals surface area contributed by atoms with Gasteiger partial charge in [-0.1, -0.05) is 24.3 Å². The third-order valence-corrected chi connectivity index (χ3v) is 4.81. The molecule has 0 aliphatic heterocycles. The van der Waals surface area contributed by atoms with E-state index >= 15 is 0 Å². The molecule has 0 unspecified atom stereocenters. The number of hydrogen-bond acceptors (Lipinski definition) is 5. The third-order valence-electron chi connectivity index (χ3n) is 4.81. The maximum Gasteiger partial charge on any atom is 0.272 e. The highest BCUT2D eigenvalue weighted by molar-refractivity contribution is 6.07. The Kier molecular flexibility index (Phi) is 4.87. The summed E-state index contributed by atoms with van der Waals surface area (Å²) < 4.78 is 1.79. The lowest BCUT2D eigenvalue weighted by molar-refractivity contribution is 0.0956. The first-order chi connectivity index (χ1) is 14.0. The van der Waals surface area contributed by atoms with Gasteiger partial charge in [-0.25, -0.2) is 10.4 Å². The number of benzene rings is 1. The minimum absolute atomic E-state index is 0.309. The molecule has 4 aromatic rings. The molecule has 144 valence electrons. The molecular formula is C22H20N6O. The number of aromatic nitrogens is 4. The number of carbonyl (C=O) groups excluding carboxylic acids is 1. The zero-order valence-corrected chi connectivity index (χ0v) is 16.4. The van der Waals surface area contributed by atoms with Gasteiger partial charge >= 0.3 is 0 Å². The molecular weight excluding hydrogens is 364 g/mol. The summed E-state index contributed by atoms with van der Waals surface area (Å²) in [5.41, 5.74) is 7.91. The Balaban J connectivity index is 1.69. The van der Waals surface area contributed by atoms with E-state index in [1.165, 1.54) is 0 Å². The number of nitrogens with zero attached hydrogens (tertiary/aromatic N) is 5. The minimum Gasteiger partial charge on any atom is -0.272 e. The second-order valence-corrected chi connectivity index (χ2v) is 6.69. The van der Waals surface area contributed by atoms with Crippen LogP contribution in [-0.2, 0) is 7.05 Å². The molecule has 0 aliphatic carbocycles. The maximum absolute atomic E-state index is 12.9. The van der Waals surface area contributed by atoms with Gasteiger partial charge in [0.1, 0.15) is 0 Å². The van der Waals surface area contributed by atoms with Gasteiger partial charge in [0.2, 0.25) is 0 Å². The summed E-state index contributed by atoms with van der Waals surface area (Å²) in [5, 5.41) is 9.26. The summed E-state index contributed by atoms with van der Waals surface area (Å²) in [6.45, 7) is 3.87. The molecule has 0 radical (unpaired) electrons. The van der Waals surface area contributed by atoms with Gasteiger partial charge in [-0.15, -0.1) is 0 Å². The number of para-hydroxylation sites is 1. The summed E-state index contributed by atoms with van der Waals surface area (Å²) in [6, 6.07) is 14.9. The maximum atomic E-state index is 12.9. The summed E-state index contributed by atoms with van der Waals surface area (Å²) in [6.07, 6.45) is 3.33. The summed E-state index contributed by atoms with van der Waals surface area (Å²) >= 11 is 0. The van der Waals surface area contributed by atoms with Crippen molar-refractivity contribution in [2.24, 2.45) is 12.1 Å². The van der Waals surface area contributed by atoms with Gasteiger partial charge in [0.15, 0.2) is 0 Å². The van der Waals surface area contributed by atoms with Gasteiger partial charge in [-0.05, 0) is 38.1 Å². The molecule has 1 N–H and O–H groups in total. The number of pyridine rings is 2. The Morgan fingerprint density at radius 2 is 1.90 bits per heavy atom. The quantitative estimate of drug-likeness (QED) is 0.432. The molecule has 0 bridgehead atoms. The molecule has 0 aliphatic rings. The SMILES string of the molecule is Cc1nn(C)c(C)c1/C=N\NC(=O)c1cc(-c2ccccn2)nc2ccccc12. The van der Waals surface area contributed by atoms with E-state index in [0.717, 1.165) is 27.9 Å². The Labute approximate surface area is 168 Å². The van der Waals surface area contributed by atoms with Crippen LogP contribution in [0, 0.1) is 13.8 Å². The van der Waals surface area contributed by atoms with Crippen LogP contribution in [0.25, 0.3) is 22.3 Å². The lowest BCUT2D eigenvalue weighted by Gasteiger charge is -2.08. The largest absolute Gasteiger partial charge is 0.272 e. The molecule has 0 atom stereocenters. The van der Waals surface area contributed by atoms with Crippen molar-refractivity contribution in [2.75, 3.05) is 0 Å². The predicted molar refractivity (Wildman–Crippen MR) is 113 cm³/mol. The Hall–Kier alpha value is -3.87. The molecule has 0 spiro atoms. The van der Waals surface area contributed by atoms with Crippen LogP contribution >= 0.6 is 0 Å². The van der Waals surface area contributed by atoms with Crippen molar-refractivity contribution in [3.05, 3.63) is 77.2 Å². The van der Waals surface area contributed by atoms with Crippen molar-refractivity contribution in [1.29, 1.82) is 0 Å². The van der Waals surface area contributed by atoms with E-state index in [-0.39, 0.29) is 5.91 Å². The van der Waals surface area contributed by atoms with Crippen LogP contribution < -0.4 is 5.43 Å². The van der Waals surface area contributed by atoms with E-state index in [1.54, 1.807) is 23.2 Å². The molecule has 3 aromatic heterocycles. The summed E-state index contributed by atoms with van der Waals surface area (Å²) in [4.78, 5) is 21.9. The number of aryl methyl sites for hydroxylation is 2. The monoisotopic (exact) mass is 384 g/mol. The summed E-state index contributed by atoms with van der Waals surface area (Å²) in [5.74, 6) is -0.309. The van der Waals surface area contributed by atoms with E-state index in [1.807, 2.05) is 63.4 Å². The molecule has 29 heavy (non-hydrogen) atoms. The van der Waals surface area contributed by atoms with Crippen LogP contribution in [0.1, 0.15) is 27.3 Å². The van der Waals surface area contributed by atoms with Crippen molar-refractivity contribution in [3.8, 4) is 11.4 Å². The van der Waals surface area contributed by atoms with Gasteiger partial charge in [0, 0.05) is 29.9 Å². The van der Waals surface area contributed by atoms with Crippen molar-refractivity contribution in [2.45, 2.75) is 13.8 Å². The molecule has 7 heteroatoms. The van der Waals surface area contributed by atoms with Gasteiger partial charge in [-0.2, -0.15) is 10.2 Å². The number of rotatable bonds is 4. The lowest BCUT2D eigenvalue weighted by Crippen LogP contribution is -2.18. The molecule has 0 fully saturated rings. The van der Waals surface area contributed by atoms with Crippen LogP contribution in [0.3, 0.4) is 0 Å². The standard InChI is InChI=1S/C22H20N6O/c1-14-18(15(2)28(3)27-14)13-24-26-22(29)17-12-21(20-10-6-7-11-23-20)25-19-9-5-4-8-16(17)19/h4-13H,1-3H3,(H,26,29)/b24-13-. The van der Waals surface area contributed by atoms with E-state index < -0.39 is 0 Å². The van der Waals surface area contributed by atoms with Gasteiger partial charge < -0.3 is 0 Å². The second-order valence-electron chi connectivity index (χ2n) is 6.69. The Bertz CT molecular complexity index is 1230. The third kappa shape index (κ3) is 3.62. The van der Waals surface area contributed by atoms with E-state index in [0.29, 0.717) is 17.0 Å². The Morgan fingerprint density at radius 1 is 1.10 bits per heavy atom. The second kappa shape index (κ2) is 7.63. The first-order valence-electron chi connectivity index (χ1n) is 9.19. The highest BCUT2D eigenvalue weighted by Crippen LogP contribution is 2.23. The number of nitrogens with one attached hydrogen (secondary N) is 1. The zero-order chi connectivity index (χ0) is 20.4. The highest BCUT2D eigenvalue weighted by atomic mass is 16.2. The number of hydrogen-bond donors (Lipinski definition) is 1. The number of fused-ring (bicyclic) bond motifs is 1. The molecule has 1 aromatic carbocycles. The van der Waals surface area contributed by atoms with Gasteiger partial charge in [0.05, 0.1) is 34.4 Å². The van der Waals surface area contributed by atoms with E-state index in [2.05, 4.69) is 25.6 Å². The van der Waals surface area contributed by atoms with E-state index in [9.17, 15) is 4.79 Å². The summed E-state index contributed by atoms with van der Waals surface area (Å²) in [7, 11) is 1.88. The topological polar surface area (TPSA) is 85.1 Å². The van der Waals surface area contributed by atoms with Crippen molar-refractivity contribution >= 4 is 23.0 Å². The first kappa shape index (κ1) is 18.5. The smallest absolute Gasteiger partial charge is 0.272 e. The molecule has 7 nitrogen and oxygen atoms in total. The fraction of sp³-hybridized carbons (Fsp3) is 0.136. The minimum atomic E-state index is -0.309. The van der Waals surface area contributed by atoms with E-state index in [4.69, 9.17) is 0 Å². The lowest BCUT2D eigenvalue weighted by atomic mass is 10.1. The fourth-order valence-electron chi connectivity index (χ4n) is 3.20. The van der Waals surface area contributed by atoms with Crippen LogP contribution in [-0.4, -0.2) is 31.9 Å². The normalized spacial score (nSPS) is 11.3. The Morgan fingerprint density at radius 3 is 2.62 bits per heavy atom. The molecule has 1 amide bonds.